The van der Waals surface area contributed by atoms with E-state index in [-0.39, 0.29) is 25.0 Å². The van der Waals surface area contributed by atoms with Gasteiger partial charge in [0, 0.05) is 40.5 Å². The van der Waals surface area contributed by atoms with Crippen LogP contribution in [-0.2, 0) is 33.0 Å². The fourth-order valence-corrected chi connectivity index (χ4v) is 10.2. The Morgan fingerprint density at radius 2 is 1.86 bits per heavy atom. The second-order valence-corrected chi connectivity index (χ2v) is 17.8. The van der Waals surface area contributed by atoms with Gasteiger partial charge in [-0.05, 0) is 67.9 Å². The highest BCUT2D eigenvalue weighted by molar-refractivity contribution is 6.72. The smallest absolute Gasteiger partial charge is 0.264 e. The molecule has 0 bridgehead atoms. The van der Waals surface area contributed by atoms with E-state index in [1.165, 1.54) is 6.92 Å². The van der Waals surface area contributed by atoms with Crippen LogP contribution in [0.2, 0.25) is 23.7 Å². The van der Waals surface area contributed by atoms with Gasteiger partial charge in [-0.15, -0.1) is 5.10 Å². The summed E-state index contributed by atoms with van der Waals surface area (Å²) in [6.45, 7) is 7.10. The number of benzene rings is 3. The average Bonchev–Trinajstić information content (AvgIpc) is 3.72. The van der Waals surface area contributed by atoms with Gasteiger partial charge in [-0.3, -0.25) is 14.3 Å². The van der Waals surface area contributed by atoms with Crippen molar-refractivity contribution in [3.63, 3.8) is 0 Å². The van der Waals surface area contributed by atoms with E-state index >= 15 is 4.11 Å². The monoisotopic (exact) mass is 705 g/mol. The van der Waals surface area contributed by atoms with Crippen LogP contribution < -0.4 is 10.2 Å². The minimum absolute atomic E-state index is 0.123. The number of hydrogen-bond acceptors (Lipinski definition) is 7. The summed E-state index contributed by atoms with van der Waals surface area (Å²) in [5.74, 6) is -1.60. The fraction of sp³-hybridized carbons (Fsp3) is 0.389. The van der Waals surface area contributed by atoms with Gasteiger partial charge >= 0.3 is 0 Å². The van der Waals surface area contributed by atoms with E-state index < -0.39 is 43.6 Å². The van der Waals surface area contributed by atoms with E-state index in [4.69, 9.17) is 16.3 Å². The predicted octanol–water partition coefficient (Wildman–Crippen LogP) is 5.79. The number of carbonyl (C=O) groups excluding carboxylic acids is 2. The van der Waals surface area contributed by atoms with E-state index in [9.17, 15) is 19.8 Å². The number of rotatable bonds is 11. The van der Waals surface area contributed by atoms with Crippen molar-refractivity contribution in [1.82, 2.24) is 15.0 Å². The highest BCUT2D eigenvalue weighted by Crippen LogP contribution is 2.60. The van der Waals surface area contributed by atoms with Crippen LogP contribution in [0.4, 0.5) is 15.5 Å². The van der Waals surface area contributed by atoms with E-state index in [0.29, 0.717) is 40.6 Å². The quantitative estimate of drug-likeness (QED) is 0.133. The summed E-state index contributed by atoms with van der Waals surface area (Å²) < 4.78 is 24.8. The minimum Gasteiger partial charge on any atom is -0.395 e. The summed E-state index contributed by atoms with van der Waals surface area (Å²) in [5.41, 5.74) is 2.23. The number of anilines is 2. The van der Waals surface area contributed by atoms with Gasteiger partial charge in [0.15, 0.2) is 5.60 Å². The standard InChI is InChI=1S/C36H41ClFN5O5Si/c1-22-33(49(3,4)38)32(16-17-42-20-30(40-41-42)28(21-44)25-8-6-5-7-9-25)48-36(22)29-18-26(37)12-15-31(29)43(35(36)47)19-24-10-13-27(14-11-24)39-34(46)23(2)45/h5-15,18,20,22-23,28,32-33,44-45H,16-17,19,21H2,1-4H3,(H,39,46)/t22-,23-,28?,32+,33-,36+/m0/s1. The number of aryl methyl sites for hydroxylation is 1. The lowest BCUT2D eigenvalue weighted by molar-refractivity contribution is -0.146. The summed E-state index contributed by atoms with van der Waals surface area (Å²) in [4.78, 5) is 28.2. The van der Waals surface area contributed by atoms with Crippen LogP contribution in [0.25, 0.3) is 0 Å². The third-order valence-electron chi connectivity index (χ3n) is 9.80. The first-order chi connectivity index (χ1) is 23.3. The molecule has 1 aromatic heterocycles. The first-order valence-electron chi connectivity index (χ1n) is 16.5. The lowest BCUT2D eigenvalue weighted by Crippen LogP contribution is -2.45. The molecule has 4 aromatic rings. The number of aliphatic hydroxyl groups is 2. The average molecular weight is 706 g/mol. The van der Waals surface area contributed by atoms with Gasteiger partial charge in [-0.2, -0.15) is 0 Å². The highest BCUT2D eigenvalue weighted by atomic mass is 35.5. The molecule has 3 N–H and O–H groups in total. The molecule has 1 fully saturated rings. The maximum Gasteiger partial charge on any atom is 0.264 e. The van der Waals surface area contributed by atoms with Crippen molar-refractivity contribution in [3.8, 4) is 0 Å². The number of carbonyl (C=O) groups is 2. The highest BCUT2D eigenvalue weighted by Gasteiger charge is 2.66. The van der Waals surface area contributed by atoms with E-state index in [2.05, 4.69) is 15.6 Å². The minimum atomic E-state index is -3.39. The SMILES string of the molecule is C[C@H](O)C(=O)Nc1ccc(CN2C(=O)[C@]3(O[C@H](CCn4cc(C(CO)c5ccccc5)nn4)[C@@H]([Si](C)(C)F)[C@@H]3C)c3cc(Cl)ccc32)cc1. The van der Waals surface area contributed by atoms with Crippen molar-refractivity contribution in [2.24, 2.45) is 5.92 Å². The Labute approximate surface area is 291 Å². The number of ether oxygens (including phenoxy) is 1. The molecule has 10 nitrogen and oxygen atoms in total. The van der Waals surface area contributed by atoms with Gasteiger partial charge in [-0.1, -0.05) is 66.2 Å². The summed E-state index contributed by atoms with van der Waals surface area (Å²) in [5, 5.41) is 31.4. The van der Waals surface area contributed by atoms with Crippen molar-refractivity contribution in [2.75, 3.05) is 16.8 Å². The zero-order valence-electron chi connectivity index (χ0n) is 27.9. The molecule has 6 atom stereocenters. The summed E-state index contributed by atoms with van der Waals surface area (Å²) in [7, 11) is -3.39. The number of nitrogens with one attached hydrogen (secondary N) is 1. The number of aromatic nitrogens is 3. The Hall–Kier alpha value is -3.94. The maximum atomic E-state index is 16.3. The lowest BCUT2D eigenvalue weighted by atomic mass is 9.82. The van der Waals surface area contributed by atoms with Crippen molar-refractivity contribution in [3.05, 3.63) is 106 Å². The number of fused-ring (bicyclic) bond motifs is 2. The van der Waals surface area contributed by atoms with Gasteiger partial charge < -0.3 is 29.3 Å². The molecule has 1 saturated heterocycles. The topological polar surface area (TPSA) is 130 Å². The Kier molecular flexibility index (Phi) is 9.80. The summed E-state index contributed by atoms with van der Waals surface area (Å²) in [6, 6.07) is 21.9. The molecule has 0 aliphatic carbocycles. The number of aliphatic hydroxyl groups excluding tert-OH is 2. The Balaban J connectivity index is 1.26. The van der Waals surface area contributed by atoms with Gasteiger partial charge in [0.1, 0.15) is 6.10 Å². The third-order valence-corrected chi connectivity index (χ3v) is 12.5. The van der Waals surface area contributed by atoms with Crippen LogP contribution in [0.3, 0.4) is 0 Å². The van der Waals surface area contributed by atoms with Gasteiger partial charge in [0.05, 0.1) is 36.6 Å². The largest absolute Gasteiger partial charge is 0.395 e. The van der Waals surface area contributed by atoms with Gasteiger partial charge in [0.2, 0.25) is 8.41 Å². The molecule has 2 aliphatic rings. The molecule has 6 rings (SSSR count). The molecule has 1 spiro atoms. The van der Waals surface area contributed by atoms with Gasteiger partial charge in [0.25, 0.3) is 11.8 Å². The van der Waals surface area contributed by atoms with Crippen LogP contribution >= 0.6 is 11.6 Å². The molecule has 49 heavy (non-hydrogen) atoms. The molecule has 3 heterocycles. The first-order valence-corrected chi connectivity index (χ1v) is 19.8. The summed E-state index contributed by atoms with van der Waals surface area (Å²) >= 11 is 6.52. The molecule has 13 heteroatoms. The molecular weight excluding hydrogens is 665 g/mol. The van der Waals surface area contributed by atoms with Gasteiger partial charge in [-0.25, -0.2) is 0 Å². The molecule has 258 valence electrons. The molecule has 0 saturated carbocycles. The number of halogens is 2. The summed E-state index contributed by atoms with van der Waals surface area (Å²) in [6.07, 6.45) is 0.474. The molecule has 3 aromatic carbocycles. The van der Waals surface area contributed by atoms with Crippen molar-refractivity contribution in [2.45, 2.75) is 75.7 Å². The normalized spacial score (nSPS) is 23.1. The maximum absolute atomic E-state index is 16.3. The van der Waals surface area contributed by atoms with Crippen LogP contribution in [0.1, 0.15) is 48.6 Å². The number of amides is 2. The van der Waals surface area contributed by atoms with Crippen molar-refractivity contribution >= 4 is 43.2 Å². The first kappa shape index (κ1) is 34.9. The molecule has 0 radical (unpaired) electrons. The third kappa shape index (κ3) is 6.67. The van der Waals surface area contributed by atoms with Crippen LogP contribution in [0, 0.1) is 5.92 Å². The van der Waals surface area contributed by atoms with Crippen molar-refractivity contribution < 1.29 is 28.6 Å². The fourth-order valence-electron chi connectivity index (χ4n) is 7.47. The Morgan fingerprint density at radius 1 is 1.14 bits per heavy atom. The van der Waals surface area contributed by atoms with Crippen LogP contribution in [0.15, 0.2) is 79.0 Å². The van der Waals surface area contributed by atoms with Crippen molar-refractivity contribution in [1.29, 1.82) is 0 Å². The lowest BCUT2D eigenvalue weighted by Gasteiger charge is -2.31. The molecular formula is C36H41ClFN5O5Si. The molecule has 2 aliphatic heterocycles. The predicted molar refractivity (Wildman–Crippen MR) is 187 cm³/mol. The van der Waals surface area contributed by atoms with Crippen LogP contribution in [-0.4, -0.2) is 64.2 Å². The Bertz CT molecular complexity index is 1820. The van der Waals surface area contributed by atoms with Crippen LogP contribution in [0.5, 0.6) is 0 Å². The molecule has 2 amide bonds. The molecule has 1 unspecified atom stereocenters. The second-order valence-electron chi connectivity index (χ2n) is 13.5. The van der Waals surface area contributed by atoms with E-state index in [1.54, 1.807) is 71.3 Å². The zero-order chi connectivity index (χ0) is 35.1. The second kappa shape index (κ2) is 13.8. The zero-order valence-corrected chi connectivity index (χ0v) is 29.6. The number of nitrogens with zero attached hydrogens (tertiary/aromatic N) is 4. The van der Waals surface area contributed by atoms with E-state index in [0.717, 1.165) is 11.1 Å². The number of hydrogen-bond donors (Lipinski definition) is 3. The Morgan fingerprint density at radius 3 is 2.51 bits per heavy atom. The van der Waals surface area contributed by atoms with E-state index in [1.807, 2.05) is 37.3 Å².